The van der Waals surface area contributed by atoms with E-state index in [0.29, 0.717) is 0 Å². The fourth-order valence-electron chi connectivity index (χ4n) is 3.20. The normalized spacial score (nSPS) is 15.0. The molecule has 0 atom stereocenters. The second kappa shape index (κ2) is 7.08. The highest BCUT2D eigenvalue weighted by molar-refractivity contribution is 5.41. The van der Waals surface area contributed by atoms with Crippen LogP contribution in [-0.2, 0) is 17.6 Å². The van der Waals surface area contributed by atoms with Gasteiger partial charge in [0.2, 0.25) is 0 Å². The van der Waals surface area contributed by atoms with Crippen LogP contribution < -0.4 is 0 Å². The molecule has 2 aromatic carbocycles. The van der Waals surface area contributed by atoms with Crippen molar-refractivity contribution in [2.24, 2.45) is 0 Å². The maximum Gasteiger partial charge on any atom is 0.108 e. The van der Waals surface area contributed by atoms with E-state index in [1.807, 2.05) is 0 Å². The number of ether oxygens (including phenoxy) is 1. The average Bonchev–Trinajstić information content (AvgIpc) is 2.51. The molecule has 0 saturated carbocycles. The van der Waals surface area contributed by atoms with Crippen molar-refractivity contribution in [2.75, 3.05) is 27.2 Å². The van der Waals surface area contributed by atoms with E-state index in [1.54, 1.807) is 0 Å². The number of nitrogens with zero attached hydrogens (tertiary/aromatic N) is 1. The number of fused-ring (bicyclic) bond motifs is 2. The van der Waals surface area contributed by atoms with Crippen LogP contribution in [0.5, 0.6) is 0 Å². The molecule has 1 aliphatic rings. The van der Waals surface area contributed by atoms with Crippen LogP contribution in [-0.4, -0.2) is 32.1 Å². The Bertz CT molecular complexity index is 573. The molecule has 2 nitrogen and oxygen atoms in total. The van der Waals surface area contributed by atoms with Gasteiger partial charge in [0.15, 0.2) is 0 Å². The van der Waals surface area contributed by atoms with Gasteiger partial charge < -0.3 is 9.64 Å². The molecule has 0 radical (unpaired) electrons. The molecule has 22 heavy (non-hydrogen) atoms. The highest BCUT2D eigenvalue weighted by Crippen LogP contribution is 2.34. The fourth-order valence-corrected chi connectivity index (χ4v) is 3.20. The summed E-state index contributed by atoms with van der Waals surface area (Å²) >= 11 is 0. The van der Waals surface area contributed by atoms with Crippen LogP contribution in [0, 0.1) is 0 Å². The number of aryl methyl sites for hydroxylation is 2. The molecule has 0 aliphatic heterocycles. The Morgan fingerprint density at radius 3 is 2.00 bits per heavy atom. The van der Waals surface area contributed by atoms with Gasteiger partial charge in [0.25, 0.3) is 0 Å². The summed E-state index contributed by atoms with van der Waals surface area (Å²) in [6.07, 6.45) is 3.54. The van der Waals surface area contributed by atoms with Gasteiger partial charge in [0, 0.05) is 6.54 Å². The Balaban J connectivity index is 1.96. The molecule has 3 rings (SSSR count). The zero-order valence-corrected chi connectivity index (χ0v) is 13.6. The van der Waals surface area contributed by atoms with Gasteiger partial charge in [-0.3, -0.25) is 0 Å². The van der Waals surface area contributed by atoms with E-state index in [9.17, 15) is 0 Å². The summed E-state index contributed by atoms with van der Waals surface area (Å²) in [5.41, 5.74) is 5.56. The molecule has 0 N–H and O–H groups in total. The first-order valence-corrected chi connectivity index (χ1v) is 8.17. The Kier molecular flexibility index (Phi) is 4.91. The van der Waals surface area contributed by atoms with E-state index < -0.39 is 0 Å². The van der Waals surface area contributed by atoms with E-state index in [2.05, 4.69) is 67.5 Å². The van der Waals surface area contributed by atoms with Crippen molar-refractivity contribution in [1.82, 2.24) is 4.90 Å². The quantitative estimate of drug-likeness (QED) is 0.849. The predicted molar refractivity (Wildman–Crippen MR) is 91.3 cm³/mol. The molecule has 116 valence electrons. The summed E-state index contributed by atoms with van der Waals surface area (Å²) < 4.78 is 6.34. The summed E-state index contributed by atoms with van der Waals surface area (Å²) in [5, 5.41) is 0. The first kappa shape index (κ1) is 15.3. The molecule has 0 unspecified atom stereocenters. The molecule has 0 spiro atoms. The van der Waals surface area contributed by atoms with Gasteiger partial charge in [-0.15, -0.1) is 0 Å². The molecular weight excluding hydrogens is 270 g/mol. The van der Waals surface area contributed by atoms with Crippen molar-refractivity contribution in [2.45, 2.75) is 25.4 Å². The van der Waals surface area contributed by atoms with Crippen molar-refractivity contribution >= 4 is 0 Å². The van der Waals surface area contributed by atoms with Gasteiger partial charge in [-0.05, 0) is 55.6 Å². The lowest BCUT2D eigenvalue weighted by Crippen LogP contribution is -2.21. The minimum atomic E-state index is 0.0626. The third kappa shape index (κ3) is 3.40. The topological polar surface area (TPSA) is 12.5 Å². The van der Waals surface area contributed by atoms with E-state index >= 15 is 0 Å². The van der Waals surface area contributed by atoms with Crippen LogP contribution >= 0.6 is 0 Å². The number of hydrogen-bond acceptors (Lipinski definition) is 2. The van der Waals surface area contributed by atoms with Crippen molar-refractivity contribution in [3.05, 3.63) is 70.8 Å². The van der Waals surface area contributed by atoms with Crippen molar-refractivity contribution in [3.63, 3.8) is 0 Å². The van der Waals surface area contributed by atoms with Gasteiger partial charge >= 0.3 is 0 Å². The summed E-state index contributed by atoms with van der Waals surface area (Å²) in [4.78, 5) is 2.17. The van der Waals surface area contributed by atoms with Crippen molar-refractivity contribution < 1.29 is 4.74 Å². The molecule has 0 fully saturated rings. The predicted octanol–water partition coefficient (Wildman–Crippen LogP) is 3.84. The first-order valence-electron chi connectivity index (χ1n) is 8.17. The molecule has 1 aliphatic carbocycles. The van der Waals surface area contributed by atoms with Gasteiger partial charge in [-0.2, -0.15) is 0 Å². The lowest BCUT2D eigenvalue weighted by Gasteiger charge is -2.27. The van der Waals surface area contributed by atoms with Gasteiger partial charge in [0.05, 0.1) is 6.61 Å². The number of rotatable bonds is 4. The van der Waals surface area contributed by atoms with E-state index in [4.69, 9.17) is 4.74 Å². The summed E-state index contributed by atoms with van der Waals surface area (Å²) in [6, 6.07) is 17.5. The highest BCUT2D eigenvalue weighted by atomic mass is 16.5. The minimum absolute atomic E-state index is 0.0626. The van der Waals surface area contributed by atoms with Crippen LogP contribution in [0.1, 0.15) is 34.8 Å². The third-order valence-electron chi connectivity index (χ3n) is 4.39. The molecule has 0 heterocycles. The van der Waals surface area contributed by atoms with E-state index in [0.717, 1.165) is 26.0 Å². The second-order valence-electron chi connectivity index (χ2n) is 6.31. The van der Waals surface area contributed by atoms with Crippen molar-refractivity contribution in [3.8, 4) is 0 Å². The fraction of sp³-hybridized carbons (Fsp3) is 0.400. The Morgan fingerprint density at radius 2 is 1.45 bits per heavy atom. The standard InChI is InChI=1S/C20H25NO/c1-21(2)14-15-22-20-18-12-5-3-8-16(18)10-7-11-17-9-4-6-13-19(17)20/h3-6,8-9,12-13,20H,7,10-11,14-15H2,1-2H3. The molecule has 0 amide bonds. The Hall–Kier alpha value is -1.64. The van der Waals surface area contributed by atoms with Crippen molar-refractivity contribution in [1.29, 1.82) is 0 Å². The van der Waals surface area contributed by atoms with Crippen LogP contribution in [0.15, 0.2) is 48.5 Å². The Morgan fingerprint density at radius 1 is 0.909 bits per heavy atom. The lowest BCUT2D eigenvalue weighted by atomic mass is 9.87. The zero-order valence-electron chi connectivity index (χ0n) is 13.6. The molecular formula is C20H25NO. The maximum atomic E-state index is 6.34. The Labute approximate surface area is 133 Å². The summed E-state index contributed by atoms with van der Waals surface area (Å²) in [5.74, 6) is 0. The summed E-state index contributed by atoms with van der Waals surface area (Å²) in [7, 11) is 4.17. The number of hydrogen-bond donors (Lipinski definition) is 0. The smallest absolute Gasteiger partial charge is 0.108 e. The minimum Gasteiger partial charge on any atom is -0.367 e. The molecule has 0 aromatic heterocycles. The number of benzene rings is 2. The SMILES string of the molecule is CN(C)CCOC1c2ccccc2CCCc2ccccc21. The second-order valence-corrected chi connectivity index (χ2v) is 6.31. The summed E-state index contributed by atoms with van der Waals surface area (Å²) in [6.45, 7) is 1.70. The van der Waals surface area contributed by atoms with E-state index in [1.165, 1.54) is 28.7 Å². The van der Waals surface area contributed by atoms with Gasteiger partial charge in [-0.1, -0.05) is 48.5 Å². The first-order chi connectivity index (χ1) is 10.8. The highest BCUT2D eigenvalue weighted by Gasteiger charge is 2.22. The molecule has 2 heteroatoms. The van der Waals surface area contributed by atoms with Crippen LogP contribution in [0.3, 0.4) is 0 Å². The lowest BCUT2D eigenvalue weighted by molar-refractivity contribution is 0.0673. The molecule has 2 aromatic rings. The van der Waals surface area contributed by atoms with Crippen LogP contribution in [0.4, 0.5) is 0 Å². The zero-order chi connectivity index (χ0) is 15.4. The third-order valence-corrected chi connectivity index (χ3v) is 4.39. The molecule has 0 bridgehead atoms. The van der Waals surface area contributed by atoms with Gasteiger partial charge in [-0.25, -0.2) is 0 Å². The maximum absolute atomic E-state index is 6.34. The van der Waals surface area contributed by atoms with Crippen LogP contribution in [0.2, 0.25) is 0 Å². The van der Waals surface area contributed by atoms with Crippen LogP contribution in [0.25, 0.3) is 0 Å². The van der Waals surface area contributed by atoms with E-state index in [-0.39, 0.29) is 6.10 Å². The monoisotopic (exact) mass is 295 g/mol. The number of likely N-dealkylation sites (N-methyl/N-ethyl adjacent to an activating group) is 1. The average molecular weight is 295 g/mol. The molecule has 0 saturated heterocycles. The largest absolute Gasteiger partial charge is 0.367 e. The van der Waals surface area contributed by atoms with Gasteiger partial charge in [0.1, 0.15) is 6.10 Å².